The minimum absolute atomic E-state index is 0.182. The first-order valence-electron chi connectivity index (χ1n) is 6.15. The van der Waals surface area contributed by atoms with Crippen LogP contribution < -0.4 is 0 Å². The van der Waals surface area contributed by atoms with Crippen molar-refractivity contribution < 1.29 is 13.6 Å². The van der Waals surface area contributed by atoms with Gasteiger partial charge in [0.15, 0.2) is 0 Å². The maximum atomic E-state index is 13.7. The zero-order valence-corrected chi connectivity index (χ0v) is 13.1. The van der Waals surface area contributed by atoms with E-state index in [1.807, 2.05) is 0 Å². The number of amides is 1. The van der Waals surface area contributed by atoms with E-state index in [0.717, 1.165) is 4.47 Å². The number of aryl methyl sites for hydroxylation is 2. The molecule has 0 aliphatic carbocycles. The lowest BCUT2D eigenvalue weighted by atomic mass is 10.1. The second kappa shape index (κ2) is 5.79. The molecule has 3 nitrogen and oxygen atoms in total. The standard InChI is InChI=1S/C15H15BrFNO2/c1-9-6-13(10(2)20-9)15(19)18(3)8-11-7-12(16)4-5-14(11)17/h4-7H,8H2,1-3H3. The van der Waals surface area contributed by atoms with Crippen LogP contribution in [0.2, 0.25) is 0 Å². The van der Waals surface area contributed by atoms with E-state index in [1.165, 1.54) is 11.0 Å². The molecule has 1 heterocycles. The molecule has 0 bridgehead atoms. The minimum Gasteiger partial charge on any atom is -0.466 e. The fourth-order valence-corrected chi connectivity index (χ4v) is 2.45. The van der Waals surface area contributed by atoms with Crippen molar-refractivity contribution in [2.75, 3.05) is 7.05 Å². The third-order valence-corrected chi connectivity index (χ3v) is 3.53. The first-order chi connectivity index (χ1) is 9.38. The van der Waals surface area contributed by atoms with E-state index in [-0.39, 0.29) is 18.3 Å². The Kier molecular flexibility index (Phi) is 4.28. The molecule has 2 aromatic rings. The van der Waals surface area contributed by atoms with Crippen LogP contribution in [0.5, 0.6) is 0 Å². The number of carbonyl (C=O) groups is 1. The molecule has 0 unspecified atom stereocenters. The summed E-state index contributed by atoms with van der Waals surface area (Å²) < 4.78 is 19.8. The van der Waals surface area contributed by atoms with E-state index in [0.29, 0.717) is 22.6 Å². The van der Waals surface area contributed by atoms with Crippen LogP contribution in [0, 0.1) is 19.7 Å². The molecule has 1 amide bonds. The lowest BCUT2D eigenvalue weighted by Crippen LogP contribution is -2.26. The number of hydrogen-bond donors (Lipinski definition) is 0. The van der Waals surface area contributed by atoms with Crippen LogP contribution in [0.15, 0.2) is 33.2 Å². The smallest absolute Gasteiger partial charge is 0.257 e. The first kappa shape index (κ1) is 14.8. The molecule has 0 spiro atoms. The molecule has 2 rings (SSSR count). The molecule has 1 aromatic carbocycles. The average molecular weight is 340 g/mol. The van der Waals surface area contributed by atoms with Gasteiger partial charge in [0.1, 0.15) is 17.3 Å². The fourth-order valence-electron chi connectivity index (χ4n) is 2.04. The second-order valence-corrected chi connectivity index (χ2v) is 5.64. The van der Waals surface area contributed by atoms with Gasteiger partial charge in [-0.15, -0.1) is 0 Å². The summed E-state index contributed by atoms with van der Waals surface area (Å²) in [5, 5.41) is 0. The third kappa shape index (κ3) is 3.10. The van der Waals surface area contributed by atoms with Gasteiger partial charge in [-0.3, -0.25) is 4.79 Å². The average Bonchev–Trinajstić information content (AvgIpc) is 2.72. The van der Waals surface area contributed by atoms with Crippen LogP contribution in [0.1, 0.15) is 27.4 Å². The van der Waals surface area contributed by atoms with E-state index in [1.54, 1.807) is 39.1 Å². The summed E-state index contributed by atoms with van der Waals surface area (Å²) in [5.41, 5.74) is 0.980. The van der Waals surface area contributed by atoms with Crippen molar-refractivity contribution in [3.05, 3.63) is 57.2 Å². The molecule has 0 N–H and O–H groups in total. The van der Waals surface area contributed by atoms with Crippen LogP contribution in [0.4, 0.5) is 4.39 Å². The largest absolute Gasteiger partial charge is 0.466 e. The van der Waals surface area contributed by atoms with Crippen LogP contribution in [-0.4, -0.2) is 17.9 Å². The quantitative estimate of drug-likeness (QED) is 0.844. The highest BCUT2D eigenvalue weighted by molar-refractivity contribution is 9.10. The van der Waals surface area contributed by atoms with Crippen molar-refractivity contribution >= 4 is 21.8 Å². The number of nitrogens with zero attached hydrogens (tertiary/aromatic N) is 1. The number of furan rings is 1. The third-order valence-electron chi connectivity index (χ3n) is 3.03. The van der Waals surface area contributed by atoms with E-state index in [2.05, 4.69) is 15.9 Å². The molecule has 0 aliphatic heterocycles. The van der Waals surface area contributed by atoms with Gasteiger partial charge in [0.2, 0.25) is 0 Å². The Morgan fingerprint density at radius 2 is 2.05 bits per heavy atom. The molecule has 20 heavy (non-hydrogen) atoms. The van der Waals surface area contributed by atoms with Crippen molar-refractivity contribution in [1.82, 2.24) is 4.90 Å². The Morgan fingerprint density at radius 3 is 2.65 bits per heavy atom. The molecule has 0 saturated carbocycles. The molecular weight excluding hydrogens is 325 g/mol. The van der Waals surface area contributed by atoms with Crippen molar-refractivity contribution in [2.24, 2.45) is 0 Å². The normalized spacial score (nSPS) is 10.7. The predicted molar refractivity (Wildman–Crippen MR) is 78.1 cm³/mol. The van der Waals surface area contributed by atoms with Gasteiger partial charge in [0, 0.05) is 23.6 Å². The van der Waals surface area contributed by atoms with Gasteiger partial charge in [0.25, 0.3) is 5.91 Å². The van der Waals surface area contributed by atoms with E-state index in [4.69, 9.17) is 4.42 Å². The van der Waals surface area contributed by atoms with E-state index in [9.17, 15) is 9.18 Å². The van der Waals surface area contributed by atoms with Crippen LogP contribution in [0.25, 0.3) is 0 Å². The lowest BCUT2D eigenvalue weighted by molar-refractivity contribution is 0.0782. The Bertz CT molecular complexity index is 651. The highest BCUT2D eigenvalue weighted by Crippen LogP contribution is 2.19. The van der Waals surface area contributed by atoms with Gasteiger partial charge in [-0.05, 0) is 38.1 Å². The molecule has 5 heteroatoms. The van der Waals surface area contributed by atoms with Gasteiger partial charge >= 0.3 is 0 Å². The summed E-state index contributed by atoms with van der Waals surface area (Å²) in [6, 6.07) is 6.38. The van der Waals surface area contributed by atoms with Crippen molar-refractivity contribution in [3.63, 3.8) is 0 Å². The predicted octanol–water partition coefficient (Wildman–Crippen LogP) is 4.07. The van der Waals surface area contributed by atoms with Gasteiger partial charge in [0.05, 0.1) is 5.56 Å². The first-order valence-corrected chi connectivity index (χ1v) is 6.94. The van der Waals surface area contributed by atoms with Crippen LogP contribution in [-0.2, 0) is 6.54 Å². The number of halogens is 2. The topological polar surface area (TPSA) is 33.5 Å². The molecule has 0 radical (unpaired) electrons. The summed E-state index contributed by atoms with van der Waals surface area (Å²) in [6.45, 7) is 3.74. The molecule has 106 valence electrons. The van der Waals surface area contributed by atoms with E-state index >= 15 is 0 Å². The summed E-state index contributed by atoms with van der Waals surface area (Å²) in [7, 11) is 1.64. The lowest BCUT2D eigenvalue weighted by Gasteiger charge is -2.17. The van der Waals surface area contributed by atoms with Gasteiger partial charge in [-0.25, -0.2) is 4.39 Å². The van der Waals surface area contributed by atoms with Crippen LogP contribution in [0.3, 0.4) is 0 Å². The Hall–Kier alpha value is -1.62. The summed E-state index contributed by atoms with van der Waals surface area (Å²) in [5.74, 6) is 0.758. The van der Waals surface area contributed by atoms with Crippen molar-refractivity contribution in [1.29, 1.82) is 0 Å². The molecule has 0 fully saturated rings. The minimum atomic E-state index is -0.326. The SMILES string of the molecule is Cc1cc(C(=O)N(C)Cc2cc(Br)ccc2F)c(C)o1. The van der Waals surface area contributed by atoms with Crippen LogP contribution >= 0.6 is 15.9 Å². The summed E-state index contributed by atoms with van der Waals surface area (Å²) >= 11 is 3.30. The molecule has 1 aromatic heterocycles. The zero-order valence-electron chi connectivity index (χ0n) is 11.5. The molecule has 0 saturated heterocycles. The number of rotatable bonds is 3. The summed E-state index contributed by atoms with van der Waals surface area (Å²) in [6.07, 6.45) is 0. The number of carbonyl (C=O) groups excluding carboxylic acids is 1. The highest BCUT2D eigenvalue weighted by Gasteiger charge is 2.18. The van der Waals surface area contributed by atoms with Crippen molar-refractivity contribution in [3.8, 4) is 0 Å². The molecular formula is C15H15BrFNO2. The maximum absolute atomic E-state index is 13.7. The Labute approximate surface area is 125 Å². The molecule has 0 aliphatic rings. The monoisotopic (exact) mass is 339 g/mol. The van der Waals surface area contributed by atoms with Gasteiger partial charge < -0.3 is 9.32 Å². The Balaban J connectivity index is 2.19. The zero-order chi connectivity index (χ0) is 14.9. The summed E-state index contributed by atoms with van der Waals surface area (Å²) in [4.78, 5) is 13.8. The number of hydrogen-bond acceptors (Lipinski definition) is 2. The van der Waals surface area contributed by atoms with Crippen molar-refractivity contribution in [2.45, 2.75) is 20.4 Å². The van der Waals surface area contributed by atoms with Gasteiger partial charge in [-0.1, -0.05) is 15.9 Å². The fraction of sp³-hybridized carbons (Fsp3) is 0.267. The number of benzene rings is 1. The highest BCUT2D eigenvalue weighted by atomic mass is 79.9. The maximum Gasteiger partial charge on any atom is 0.257 e. The van der Waals surface area contributed by atoms with E-state index < -0.39 is 0 Å². The Morgan fingerprint density at radius 1 is 1.35 bits per heavy atom. The molecule has 0 atom stereocenters. The van der Waals surface area contributed by atoms with Gasteiger partial charge in [-0.2, -0.15) is 0 Å². The second-order valence-electron chi connectivity index (χ2n) is 4.72.